The number of phenolic OH excluding ortho intramolecular Hbond substituents is 1. The van der Waals surface area contributed by atoms with Crippen molar-refractivity contribution in [2.45, 2.75) is 13.3 Å². The van der Waals surface area contributed by atoms with Gasteiger partial charge in [0.15, 0.2) is 16.5 Å². The van der Waals surface area contributed by atoms with Gasteiger partial charge in [-0.3, -0.25) is 4.40 Å². The summed E-state index contributed by atoms with van der Waals surface area (Å²) in [7, 11) is -3.44. The molecule has 4 heterocycles. The lowest BCUT2D eigenvalue weighted by Gasteiger charge is -2.33. The molecule has 0 aliphatic carbocycles. The Balaban J connectivity index is 1.40. The molecule has 10 nitrogen and oxygen atoms in total. The number of aromatic hydroxyl groups is 1. The molecule has 0 amide bonds. The minimum Gasteiger partial charge on any atom is -0.505 e. The first-order valence-corrected chi connectivity index (χ1v) is 13.4. The number of nitrogens with one attached hydrogen (secondary N) is 1. The second-order valence-electron chi connectivity index (χ2n) is 7.98. The standard InChI is InChI=1S/C22H24FN7O3S2/c1-2-28-9-3-10-29(35(28,32)33)11-8-25-21-24-7-6-17(26-21)20-19(27-22-30(20)12-13-34-22)15-4-5-16(23)18(31)14-15/h4-7,12-14,31H,2-3,8-11H2,1H3,(H,24,25,26). The van der Waals surface area contributed by atoms with Crippen LogP contribution in [-0.2, 0) is 10.2 Å². The summed E-state index contributed by atoms with van der Waals surface area (Å²) in [6.45, 7) is 3.97. The first kappa shape index (κ1) is 23.6. The van der Waals surface area contributed by atoms with Gasteiger partial charge in [0.2, 0.25) is 5.95 Å². The smallest absolute Gasteiger partial charge is 0.282 e. The quantitative estimate of drug-likeness (QED) is 0.387. The molecule has 1 aliphatic rings. The Morgan fingerprint density at radius 3 is 2.83 bits per heavy atom. The molecule has 0 unspecified atom stereocenters. The number of hydrogen-bond acceptors (Lipinski definition) is 8. The minimum absolute atomic E-state index is 0.300. The predicted octanol–water partition coefficient (Wildman–Crippen LogP) is 3.05. The Morgan fingerprint density at radius 1 is 1.20 bits per heavy atom. The Hall–Kier alpha value is -3.13. The number of thiazole rings is 1. The summed E-state index contributed by atoms with van der Waals surface area (Å²) < 4.78 is 43.8. The lowest BCUT2D eigenvalue weighted by Crippen LogP contribution is -2.50. The van der Waals surface area contributed by atoms with Gasteiger partial charge in [0.1, 0.15) is 5.69 Å². The first-order chi connectivity index (χ1) is 16.9. The molecular formula is C22H24FN7O3S2. The van der Waals surface area contributed by atoms with Gasteiger partial charge in [-0.1, -0.05) is 6.92 Å². The van der Waals surface area contributed by atoms with Crippen LogP contribution in [0.2, 0.25) is 0 Å². The minimum atomic E-state index is -3.44. The Morgan fingerprint density at radius 2 is 2.03 bits per heavy atom. The van der Waals surface area contributed by atoms with E-state index in [0.717, 1.165) is 11.4 Å². The van der Waals surface area contributed by atoms with Crippen molar-refractivity contribution in [2.75, 3.05) is 38.0 Å². The summed E-state index contributed by atoms with van der Waals surface area (Å²) in [4.78, 5) is 14.3. The molecule has 4 aromatic rings. The van der Waals surface area contributed by atoms with Crippen molar-refractivity contribution < 1.29 is 17.9 Å². The number of hydrogen-bond donors (Lipinski definition) is 2. The van der Waals surface area contributed by atoms with E-state index in [2.05, 4.69) is 20.3 Å². The fourth-order valence-electron chi connectivity index (χ4n) is 4.13. The molecule has 0 bridgehead atoms. The van der Waals surface area contributed by atoms with Crippen molar-refractivity contribution in [3.8, 4) is 28.4 Å². The molecule has 0 saturated carbocycles. The average molecular weight is 518 g/mol. The topological polar surface area (TPSA) is 116 Å². The number of imidazole rings is 1. The van der Waals surface area contributed by atoms with E-state index in [0.29, 0.717) is 61.3 Å². The molecule has 0 radical (unpaired) electrons. The number of fused-ring (bicyclic) bond motifs is 1. The summed E-state index contributed by atoms with van der Waals surface area (Å²) in [6, 6.07) is 5.84. The normalized spacial score (nSPS) is 16.6. The third-order valence-corrected chi connectivity index (χ3v) is 8.71. The van der Waals surface area contributed by atoms with E-state index in [9.17, 15) is 17.9 Å². The van der Waals surface area contributed by atoms with Crippen LogP contribution in [0.25, 0.3) is 27.6 Å². The van der Waals surface area contributed by atoms with Crippen molar-refractivity contribution in [2.24, 2.45) is 0 Å². The zero-order valence-corrected chi connectivity index (χ0v) is 20.6. The van der Waals surface area contributed by atoms with Gasteiger partial charge in [-0.05, 0) is 30.7 Å². The molecule has 5 rings (SSSR count). The van der Waals surface area contributed by atoms with E-state index in [-0.39, 0.29) is 0 Å². The van der Waals surface area contributed by atoms with Crippen LogP contribution in [0.5, 0.6) is 5.75 Å². The molecule has 2 N–H and O–H groups in total. The number of phenols is 1. The monoisotopic (exact) mass is 517 g/mol. The first-order valence-electron chi connectivity index (χ1n) is 11.2. The number of rotatable bonds is 7. The second kappa shape index (κ2) is 9.49. The summed E-state index contributed by atoms with van der Waals surface area (Å²) >= 11 is 1.44. The zero-order chi connectivity index (χ0) is 24.6. The zero-order valence-electron chi connectivity index (χ0n) is 18.9. The fraction of sp³-hybridized carbons (Fsp3) is 0.318. The van der Waals surface area contributed by atoms with E-state index >= 15 is 0 Å². The van der Waals surface area contributed by atoms with E-state index in [1.807, 2.05) is 22.9 Å². The third kappa shape index (κ3) is 4.47. The van der Waals surface area contributed by atoms with Crippen molar-refractivity contribution >= 4 is 32.5 Å². The van der Waals surface area contributed by atoms with Gasteiger partial charge in [0, 0.05) is 56.1 Å². The van der Waals surface area contributed by atoms with Gasteiger partial charge in [-0.2, -0.15) is 17.0 Å². The molecule has 1 saturated heterocycles. The molecule has 35 heavy (non-hydrogen) atoms. The number of nitrogens with zero attached hydrogens (tertiary/aromatic N) is 6. The lowest BCUT2D eigenvalue weighted by atomic mass is 10.1. The number of benzene rings is 1. The van der Waals surface area contributed by atoms with Crippen LogP contribution in [-0.4, -0.2) is 74.2 Å². The second-order valence-corrected chi connectivity index (χ2v) is 10.8. The van der Waals surface area contributed by atoms with Crippen LogP contribution >= 0.6 is 11.3 Å². The average Bonchev–Trinajstić information content (AvgIpc) is 3.43. The molecule has 0 atom stereocenters. The highest BCUT2D eigenvalue weighted by Crippen LogP contribution is 2.35. The summed E-state index contributed by atoms with van der Waals surface area (Å²) in [5.41, 5.74) is 2.36. The molecule has 1 fully saturated rings. The van der Waals surface area contributed by atoms with E-state index in [1.54, 1.807) is 18.3 Å². The number of anilines is 1. The van der Waals surface area contributed by atoms with E-state index < -0.39 is 21.8 Å². The Bertz CT molecular complexity index is 1470. The SMILES string of the molecule is CCN1CCCN(CCNc2nccc(-c3c(-c4ccc(F)c(O)c4)nc4sccn34)n2)S1(=O)=O. The maximum absolute atomic E-state index is 13.6. The molecule has 1 aliphatic heterocycles. The van der Waals surface area contributed by atoms with E-state index in [4.69, 9.17) is 0 Å². The van der Waals surface area contributed by atoms with Crippen LogP contribution in [0.4, 0.5) is 10.3 Å². The maximum Gasteiger partial charge on any atom is 0.282 e. The lowest BCUT2D eigenvalue weighted by molar-refractivity contribution is 0.295. The Labute approximate surface area is 205 Å². The summed E-state index contributed by atoms with van der Waals surface area (Å²) in [5.74, 6) is -0.811. The van der Waals surface area contributed by atoms with Crippen molar-refractivity contribution in [3.05, 3.63) is 47.9 Å². The van der Waals surface area contributed by atoms with Gasteiger partial charge >= 0.3 is 0 Å². The highest BCUT2D eigenvalue weighted by Gasteiger charge is 2.31. The number of aromatic nitrogens is 4. The van der Waals surface area contributed by atoms with Crippen molar-refractivity contribution in [3.63, 3.8) is 0 Å². The van der Waals surface area contributed by atoms with Crippen LogP contribution in [0.3, 0.4) is 0 Å². The van der Waals surface area contributed by atoms with Crippen LogP contribution < -0.4 is 5.32 Å². The fourth-order valence-corrected chi connectivity index (χ4v) is 6.53. The van der Waals surface area contributed by atoms with Gasteiger partial charge in [0.05, 0.1) is 11.4 Å². The van der Waals surface area contributed by atoms with Crippen molar-refractivity contribution in [1.82, 2.24) is 28.0 Å². The van der Waals surface area contributed by atoms with Crippen LogP contribution in [0, 0.1) is 5.82 Å². The van der Waals surface area contributed by atoms with Crippen LogP contribution in [0.1, 0.15) is 13.3 Å². The van der Waals surface area contributed by atoms with Gasteiger partial charge in [-0.25, -0.2) is 19.3 Å². The van der Waals surface area contributed by atoms with Gasteiger partial charge < -0.3 is 10.4 Å². The molecule has 1 aromatic carbocycles. The number of halogens is 1. The largest absolute Gasteiger partial charge is 0.505 e. The van der Waals surface area contributed by atoms with E-state index in [1.165, 1.54) is 32.1 Å². The van der Waals surface area contributed by atoms with Crippen molar-refractivity contribution in [1.29, 1.82) is 0 Å². The predicted molar refractivity (Wildman–Crippen MR) is 132 cm³/mol. The summed E-state index contributed by atoms with van der Waals surface area (Å²) in [5, 5.41) is 14.9. The Kier molecular flexibility index (Phi) is 6.40. The van der Waals surface area contributed by atoms with Gasteiger partial charge in [-0.15, -0.1) is 11.3 Å². The molecular weight excluding hydrogens is 493 g/mol. The highest BCUT2D eigenvalue weighted by molar-refractivity contribution is 7.86. The third-order valence-electron chi connectivity index (χ3n) is 5.84. The molecule has 3 aromatic heterocycles. The molecule has 13 heteroatoms. The molecule has 0 spiro atoms. The summed E-state index contributed by atoms with van der Waals surface area (Å²) in [6.07, 6.45) is 4.27. The highest BCUT2D eigenvalue weighted by atomic mass is 32.2. The van der Waals surface area contributed by atoms with Crippen LogP contribution in [0.15, 0.2) is 42.0 Å². The van der Waals surface area contributed by atoms with Gasteiger partial charge in [0.25, 0.3) is 10.2 Å². The molecule has 184 valence electrons. The maximum atomic E-state index is 13.6.